The molecule has 3 aromatic rings. The number of carbonyl (C=O) groups is 1. The highest BCUT2D eigenvalue weighted by Gasteiger charge is 2.29. The van der Waals surface area contributed by atoms with Gasteiger partial charge in [0.1, 0.15) is 0 Å². The molecule has 0 fully saturated rings. The van der Waals surface area contributed by atoms with E-state index in [1.165, 1.54) is 11.1 Å². The molecule has 25 heavy (non-hydrogen) atoms. The molecule has 0 bridgehead atoms. The number of rotatable bonds is 4. The summed E-state index contributed by atoms with van der Waals surface area (Å²) in [5.74, 6) is 0.174. The molecule has 1 amide bonds. The third-order valence-corrected chi connectivity index (χ3v) is 4.88. The van der Waals surface area contributed by atoms with Gasteiger partial charge >= 0.3 is 0 Å². The second-order valence-corrected chi connectivity index (χ2v) is 6.47. The fraction of sp³-hybridized carbons (Fsp3) is 0.316. The minimum atomic E-state index is 0.0700. The van der Waals surface area contributed by atoms with Crippen molar-refractivity contribution in [2.24, 2.45) is 7.05 Å². The van der Waals surface area contributed by atoms with Gasteiger partial charge in [0.25, 0.3) is 0 Å². The van der Waals surface area contributed by atoms with Crippen molar-refractivity contribution in [3.63, 3.8) is 0 Å². The molecule has 1 aromatic carbocycles. The molecule has 3 heterocycles. The highest BCUT2D eigenvalue weighted by atomic mass is 16.2. The van der Waals surface area contributed by atoms with E-state index in [9.17, 15) is 4.79 Å². The number of aromatic nitrogens is 4. The van der Waals surface area contributed by atoms with Gasteiger partial charge in [-0.3, -0.25) is 9.48 Å². The third kappa shape index (κ3) is 3.07. The van der Waals surface area contributed by atoms with E-state index in [-0.39, 0.29) is 11.9 Å². The molecular weight excluding hydrogens is 314 g/mol. The lowest BCUT2D eigenvalue weighted by Crippen LogP contribution is -2.40. The predicted octanol–water partition coefficient (Wildman–Crippen LogP) is 2.18. The topological polar surface area (TPSA) is 56.0 Å². The van der Waals surface area contributed by atoms with E-state index in [4.69, 9.17) is 0 Å². The van der Waals surface area contributed by atoms with Crippen LogP contribution in [0.1, 0.15) is 29.3 Å². The fourth-order valence-electron chi connectivity index (χ4n) is 3.48. The maximum atomic E-state index is 12.8. The standard InChI is InChI=1S/C19H21N5O/c1-22-14-20-11-16(22)7-8-19(25)23-12-15-5-2-3-6-17(15)18(13-23)24-10-4-9-21-24/h2-6,9-11,14,18H,7-8,12-13H2,1H3. The SMILES string of the molecule is Cn1cncc1CCC(=O)N1Cc2ccccc2C(n2cccn2)C1. The van der Waals surface area contributed by atoms with Crippen molar-refractivity contribution in [2.45, 2.75) is 25.4 Å². The number of amides is 1. The van der Waals surface area contributed by atoms with Crippen molar-refractivity contribution in [1.82, 2.24) is 24.2 Å². The summed E-state index contributed by atoms with van der Waals surface area (Å²) in [6, 6.07) is 10.3. The zero-order valence-electron chi connectivity index (χ0n) is 14.2. The van der Waals surface area contributed by atoms with Crippen molar-refractivity contribution in [1.29, 1.82) is 0 Å². The van der Waals surface area contributed by atoms with Crippen molar-refractivity contribution >= 4 is 5.91 Å². The summed E-state index contributed by atoms with van der Waals surface area (Å²) >= 11 is 0. The van der Waals surface area contributed by atoms with Crippen LogP contribution in [-0.4, -0.2) is 36.7 Å². The molecule has 6 heteroatoms. The second-order valence-electron chi connectivity index (χ2n) is 6.47. The molecule has 6 nitrogen and oxygen atoms in total. The van der Waals surface area contributed by atoms with Crippen LogP contribution in [0.5, 0.6) is 0 Å². The van der Waals surface area contributed by atoms with E-state index >= 15 is 0 Å². The Morgan fingerprint density at radius 1 is 1.28 bits per heavy atom. The average molecular weight is 335 g/mol. The van der Waals surface area contributed by atoms with Crippen molar-refractivity contribution < 1.29 is 4.79 Å². The van der Waals surface area contributed by atoms with Gasteiger partial charge in [-0.2, -0.15) is 5.10 Å². The highest BCUT2D eigenvalue weighted by Crippen LogP contribution is 2.29. The normalized spacial score (nSPS) is 16.7. The Balaban J connectivity index is 1.53. The Kier molecular flexibility index (Phi) is 4.09. The molecule has 2 aromatic heterocycles. The van der Waals surface area contributed by atoms with Crippen molar-refractivity contribution in [3.8, 4) is 0 Å². The predicted molar refractivity (Wildman–Crippen MR) is 93.8 cm³/mol. The first-order valence-corrected chi connectivity index (χ1v) is 8.52. The lowest BCUT2D eigenvalue weighted by Gasteiger charge is -2.35. The first-order valence-electron chi connectivity index (χ1n) is 8.52. The van der Waals surface area contributed by atoms with Crippen LogP contribution in [0.2, 0.25) is 0 Å². The molecule has 1 unspecified atom stereocenters. The Hall–Kier alpha value is -2.89. The van der Waals surface area contributed by atoms with Gasteiger partial charge in [0.05, 0.1) is 12.4 Å². The average Bonchev–Trinajstić information content (AvgIpc) is 3.30. The van der Waals surface area contributed by atoms with Crippen molar-refractivity contribution in [3.05, 3.63) is 72.1 Å². The van der Waals surface area contributed by atoms with Crippen LogP contribution in [-0.2, 0) is 24.8 Å². The summed E-state index contributed by atoms with van der Waals surface area (Å²) in [7, 11) is 1.96. The number of fused-ring (bicyclic) bond motifs is 1. The van der Waals surface area contributed by atoms with E-state index in [1.54, 1.807) is 12.5 Å². The molecule has 0 N–H and O–H groups in total. The van der Waals surface area contributed by atoms with Crippen LogP contribution in [0, 0.1) is 0 Å². The smallest absolute Gasteiger partial charge is 0.223 e. The molecular formula is C19H21N5O. The Labute approximate surface area is 146 Å². The first-order chi connectivity index (χ1) is 12.2. The molecule has 0 saturated carbocycles. The van der Waals surface area contributed by atoms with Crippen LogP contribution >= 0.6 is 0 Å². The van der Waals surface area contributed by atoms with E-state index in [0.717, 1.165) is 5.69 Å². The van der Waals surface area contributed by atoms with Gasteiger partial charge in [-0.1, -0.05) is 24.3 Å². The zero-order chi connectivity index (χ0) is 17.2. The lowest BCUT2D eigenvalue weighted by atomic mass is 9.95. The number of hydrogen-bond acceptors (Lipinski definition) is 3. The number of hydrogen-bond donors (Lipinski definition) is 0. The van der Waals surface area contributed by atoms with Gasteiger partial charge in [-0.25, -0.2) is 4.98 Å². The number of benzene rings is 1. The maximum Gasteiger partial charge on any atom is 0.223 e. The molecule has 0 spiro atoms. The third-order valence-electron chi connectivity index (χ3n) is 4.88. The molecule has 1 aliphatic rings. The largest absolute Gasteiger partial charge is 0.338 e. The van der Waals surface area contributed by atoms with Gasteiger partial charge < -0.3 is 9.47 Å². The monoisotopic (exact) mass is 335 g/mol. The van der Waals surface area contributed by atoms with Crippen LogP contribution in [0.25, 0.3) is 0 Å². The summed E-state index contributed by atoms with van der Waals surface area (Å²) in [5.41, 5.74) is 3.53. The van der Waals surface area contributed by atoms with E-state index in [1.807, 2.05) is 45.7 Å². The summed E-state index contributed by atoms with van der Waals surface area (Å²) in [6.07, 6.45) is 8.54. The van der Waals surface area contributed by atoms with Crippen molar-refractivity contribution in [2.75, 3.05) is 6.54 Å². The van der Waals surface area contributed by atoms with Gasteiger partial charge in [-0.05, 0) is 23.6 Å². The fourth-order valence-corrected chi connectivity index (χ4v) is 3.48. The highest BCUT2D eigenvalue weighted by molar-refractivity contribution is 5.77. The van der Waals surface area contributed by atoms with Crippen LogP contribution in [0.15, 0.2) is 55.2 Å². The summed E-state index contributed by atoms with van der Waals surface area (Å²) in [4.78, 5) is 18.9. The minimum Gasteiger partial charge on any atom is -0.338 e. The molecule has 0 aliphatic carbocycles. The summed E-state index contributed by atoms with van der Waals surface area (Å²) in [5, 5.41) is 4.40. The number of carbonyl (C=O) groups excluding carboxylic acids is 1. The molecule has 0 saturated heterocycles. The molecule has 128 valence electrons. The zero-order valence-corrected chi connectivity index (χ0v) is 14.2. The summed E-state index contributed by atoms with van der Waals surface area (Å²) < 4.78 is 3.91. The van der Waals surface area contributed by atoms with Crippen LogP contribution in [0.4, 0.5) is 0 Å². The molecule has 4 rings (SSSR count). The Bertz CT molecular complexity index is 868. The van der Waals surface area contributed by atoms with Gasteiger partial charge in [0.2, 0.25) is 5.91 Å². The minimum absolute atomic E-state index is 0.0700. The quantitative estimate of drug-likeness (QED) is 0.734. The molecule has 1 atom stereocenters. The van der Waals surface area contributed by atoms with Crippen LogP contribution in [0.3, 0.4) is 0 Å². The number of nitrogens with zero attached hydrogens (tertiary/aromatic N) is 5. The van der Waals surface area contributed by atoms with Gasteiger partial charge in [0, 0.05) is 50.8 Å². The second kappa shape index (κ2) is 6.55. The van der Waals surface area contributed by atoms with E-state index in [0.29, 0.717) is 25.9 Å². The maximum absolute atomic E-state index is 12.8. The van der Waals surface area contributed by atoms with E-state index in [2.05, 4.69) is 28.3 Å². The first kappa shape index (κ1) is 15.6. The molecule has 0 radical (unpaired) electrons. The number of imidazole rings is 1. The molecule has 1 aliphatic heterocycles. The summed E-state index contributed by atoms with van der Waals surface area (Å²) in [6.45, 7) is 1.32. The van der Waals surface area contributed by atoms with E-state index < -0.39 is 0 Å². The Morgan fingerprint density at radius 3 is 2.92 bits per heavy atom. The van der Waals surface area contributed by atoms with Gasteiger partial charge in [-0.15, -0.1) is 0 Å². The van der Waals surface area contributed by atoms with Crippen LogP contribution < -0.4 is 0 Å². The lowest BCUT2D eigenvalue weighted by molar-refractivity contribution is -0.132. The van der Waals surface area contributed by atoms with Gasteiger partial charge in [0.15, 0.2) is 0 Å². The Morgan fingerprint density at radius 2 is 2.16 bits per heavy atom. The number of aryl methyl sites for hydroxylation is 2.